The number of H-pyrrole nitrogens is 1. The third kappa shape index (κ3) is 4.53. The highest BCUT2D eigenvalue weighted by atomic mass is 32.1. The van der Waals surface area contributed by atoms with E-state index < -0.39 is 0 Å². The van der Waals surface area contributed by atoms with E-state index >= 15 is 0 Å². The lowest BCUT2D eigenvalue weighted by molar-refractivity contribution is 0.289. The zero-order valence-corrected chi connectivity index (χ0v) is 14.1. The molecule has 0 fully saturated rings. The summed E-state index contributed by atoms with van der Waals surface area (Å²) in [6, 6.07) is 7.86. The van der Waals surface area contributed by atoms with Crippen molar-refractivity contribution in [1.29, 1.82) is 0 Å². The van der Waals surface area contributed by atoms with Crippen LogP contribution in [-0.2, 0) is 6.42 Å². The lowest BCUT2D eigenvalue weighted by Crippen LogP contribution is -2.01. The molecular weight excluding hydrogens is 296 g/mol. The van der Waals surface area contributed by atoms with Gasteiger partial charge >= 0.3 is 0 Å². The molecule has 0 bridgehead atoms. The molecule has 118 valence electrons. The standard InChI is InChI=1S/C16H22N4OS/c1-4-15-18-19-16(22)20(15)17-11-13-5-7-14(8-6-13)21-10-9-12(2)3/h5-8,11-12H,4,9-10H2,1-3H3,(H,19,22). The minimum Gasteiger partial charge on any atom is -0.494 e. The summed E-state index contributed by atoms with van der Waals surface area (Å²) in [6.07, 6.45) is 3.59. The van der Waals surface area contributed by atoms with E-state index in [1.165, 1.54) is 0 Å². The summed E-state index contributed by atoms with van der Waals surface area (Å²) >= 11 is 5.16. The van der Waals surface area contributed by atoms with Crippen molar-refractivity contribution < 1.29 is 4.74 Å². The van der Waals surface area contributed by atoms with Crippen LogP contribution < -0.4 is 4.74 Å². The lowest BCUT2D eigenvalue weighted by atomic mass is 10.1. The van der Waals surface area contributed by atoms with E-state index in [4.69, 9.17) is 17.0 Å². The molecule has 6 heteroatoms. The average molecular weight is 318 g/mol. The Labute approximate surface area is 136 Å². The summed E-state index contributed by atoms with van der Waals surface area (Å²) in [6.45, 7) is 7.14. The Kier molecular flexibility index (Phi) is 5.89. The van der Waals surface area contributed by atoms with Crippen LogP contribution in [0.4, 0.5) is 0 Å². The van der Waals surface area contributed by atoms with Crippen molar-refractivity contribution in [3.05, 3.63) is 40.4 Å². The van der Waals surface area contributed by atoms with Gasteiger partial charge in [-0.1, -0.05) is 20.8 Å². The fraction of sp³-hybridized carbons (Fsp3) is 0.438. The number of aryl methyl sites for hydroxylation is 1. The predicted molar refractivity (Wildman–Crippen MR) is 91.2 cm³/mol. The summed E-state index contributed by atoms with van der Waals surface area (Å²) in [4.78, 5) is 0. The van der Waals surface area contributed by atoms with Gasteiger partial charge in [-0.2, -0.15) is 14.9 Å². The molecule has 0 aliphatic heterocycles. The van der Waals surface area contributed by atoms with Crippen molar-refractivity contribution in [2.75, 3.05) is 6.61 Å². The van der Waals surface area contributed by atoms with Gasteiger partial charge in [-0.05, 0) is 54.4 Å². The molecule has 0 saturated heterocycles. The largest absolute Gasteiger partial charge is 0.494 e. The summed E-state index contributed by atoms with van der Waals surface area (Å²) in [5, 5.41) is 11.2. The van der Waals surface area contributed by atoms with Crippen molar-refractivity contribution >= 4 is 18.4 Å². The van der Waals surface area contributed by atoms with E-state index in [0.29, 0.717) is 10.7 Å². The Morgan fingerprint density at radius 3 is 2.73 bits per heavy atom. The molecule has 0 spiro atoms. The molecule has 2 aromatic rings. The lowest BCUT2D eigenvalue weighted by Gasteiger charge is -2.07. The molecule has 0 amide bonds. The molecule has 1 heterocycles. The SMILES string of the molecule is CCc1n[nH]c(=S)n1N=Cc1ccc(OCCC(C)C)cc1. The van der Waals surface area contributed by atoms with Crippen molar-refractivity contribution in [3.63, 3.8) is 0 Å². The first kappa shape index (κ1) is 16.4. The molecule has 1 aromatic carbocycles. The highest BCUT2D eigenvalue weighted by Gasteiger charge is 2.01. The number of nitrogens with one attached hydrogen (secondary N) is 1. The Hall–Kier alpha value is -1.95. The fourth-order valence-corrected chi connectivity index (χ4v) is 2.06. The smallest absolute Gasteiger partial charge is 0.216 e. The van der Waals surface area contributed by atoms with Gasteiger partial charge in [-0.15, -0.1) is 0 Å². The second-order valence-corrected chi connectivity index (χ2v) is 5.84. The molecule has 1 aromatic heterocycles. The monoisotopic (exact) mass is 318 g/mol. The van der Waals surface area contributed by atoms with Crippen molar-refractivity contribution in [2.24, 2.45) is 11.0 Å². The molecule has 0 unspecified atom stereocenters. The number of aromatic nitrogens is 3. The molecule has 2 rings (SSSR count). The Balaban J connectivity index is 2.00. The molecule has 0 saturated carbocycles. The molecule has 5 nitrogen and oxygen atoms in total. The maximum atomic E-state index is 5.70. The molecule has 0 aliphatic carbocycles. The van der Waals surface area contributed by atoms with Crippen LogP contribution in [-0.4, -0.2) is 27.7 Å². The first-order chi connectivity index (χ1) is 10.6. The minimum absolute atomic E-state index is 0.502. The number of benzene rings is 1. The van der Waals surface area contributed by atoms with E-state index in [0.717, 1.165) is 36.6 Å². The highest BCUT2D eigenvalue weighted by molar-refractivity contribution is 7.71. The number of rotatable bonds is 7. The van der Waals surface area contributed by atoms with E-state index in [1.54, 1.807) is 10.9 Å². The van der Waals surface area contributed by atoms with E-state index in [9.17, 15) is 0 Å². The molecule has 0 radical (unpaired) electrons. The molecule has 0 aliphatic rings. The first-order valence-corrected chi connectivity index (χ1v) is 7.94. The zero-order valence-electron chi connectivity index (χ0n) is 13.2. The van der Waals surface area contributed by atoms with Crippen molar-refractivity contribution in [3.8, 4) is 5.75 Å². The van der Waals surface area contributed by atoms with Gasteiger partial charge in [0.05, 0.1) is 12.8 Å². The van der Waals surface area contributed by atoms with Gasteiger partial charge in [-0.25, -0.2) is 0 Å². The van der Waals surface area contributed by atoms with Crippen LogP contribution in [0.15, 0.2) is 29.4 Å². The minimum atomic E-state index is 0.502. The van der Waals surface area contributed by atoms with Gasteiger partial charge in [0.25, 0.3) is 0 Å². The van der Waals surface area contributed by atoms with Gasteiger partial charge < -0.3 is 4.74 Å². The Bertz CT molecular complexity index is 670. The summed E-state index contributed by atoms with van der Waals surface area (Å²) in [7, 11) is 0. The summed E-state index contributed by atoms with van der Waals surface area (Å²) < 4.78 is 7.84. The van der Waals surface area contributed by atoms with Gasteiger partial charge in [0.2, 0.25) is 4.77 Å². The van der Waals surface area contributed by atoms with E-state index in [1.807, 2.05) is 31.2 Å². The number of ether oxygens (including phenoxy) is 1. The molecule has 22 heavy (non-hydrogen) atoms. The third-order valence-corrected chi connectivity index (χ3v) is 3.46. The first-order valence-electron chi connectivity index (χ1n) is 7.53. The fourth-order valence-electron chi connectivity index (χ4n) is 1.86. The van der Waals surface area contributed by atoms with Gasteiger partial charge in [-0.3, -0.25) is 5.10 Å². The second-order valence-electron chi connectivity index (χ2n) is 5.45. The zero-order chi connectivity index (χ0) is 15.9. The third-order valence-electron chi connectivity index (χ3n) is 3.20. The number of hydrogen-bond donors (Lipinski definition) is 1. The molecular formula is C16H22N4OS. The summed E-state index contributed by atoms with van der Waals surface area (Å²) in [5.74, 6) is 2.35. The number of nitrogens with zero attached hydrogens (tertiary/aromatic N) is 3. The molecule has 1 N–H and O–H groups in total. The molecule has 0 atom stereocenters. The Morgan fingerprint density at radius 1 is 1.36 bits per heavy atom. The van der Waals surface area contributed by atoms with Gasteiger partial charge in [0.15, 0.2) is 5.82 Å². The predicted octanol–water partition coefficient (Wildman–Crippen LogP) is 3.81. The van der Waals surface area contributed by atoms with E-state index in [-0.39, 0.29) is 0 Å². The van der Waals surface area contributed by atoms with Crippen LogP contribution in [0.1, 0.15) is 38.6 Å². The topological polar surface area (TPSA) is 55.2 Å². The normalized spacial score (nSPS) is 11.5. The maximum Gasteiger partial charge on any atom is 0.216 e. The van der Waals surface area contributed by atoms with Crippen LogP contribution in [0, 0.1) is 10.7 Å². The highest BCUT2D eigenvalue weighted by Crippen LogP contribution is 2.12. The van der Waals surface area contributed by atoms with E-state index in [2.05, 4.69) is 29.1 Å². The van der Waals surface area contributed by atoms with Crippen LogP contribution in [0.5, 0.6) is 5.75 Å². The van der Waals surface area contributed by atoms with Crippen LogP contribution in [0.3, 0.4) is 0 Å². The van der Waals surface area contributed by atoms with Crippen LogP contribution >= 0.6 is 12.2 Å². The number of aromatic amines is 1. The maximum absolute atomic E-state index is 5.70. The Morgan fingerprint density at radius 2 is 2.09 bits per heavy atom. The van der Waals surface area contributed by atoms with Gasteiger partial charge in [0, 0.05) is 6.42 Å². The van der Waals surface area contributed by atoms with Crippen molar-refractivity contribution in [1.82, 2.24) is 14.9 Å². The van der Waals surface area contributed by atoms with Gasteiger partial charge in [0.1, 0.15) is 5.75 Å². The second kappa shape index (κ2) is 7.89. The van der Waals surface area contributed by atoms with Crippen LogP contribution in [0.2, 0.25) is 0 Å². The van der Waals surface area contributed by atoms with Crippen molar-refractivity contribution in [2.45, 2.75) is 33.6 Å². The summed E-state index contributed by atoms with van der Waals surface area (Å²) in [5.41, 5.74) is 0.987. The number of hydrogen-bond acceptors (Lipinski definition) is 4. The van der Waals surface area contributed by atoms with Crippen LogP contribution in [0.25, 0.3) is 0 Å². The average Bonchev–Trinajstić information content (AvgIpc) is 2.86. The quantitative estimate of drug-likeness (QED) is 0.624.